The van der Waals surface area contributed by atoms with Gasteiger partial charge in [-0.05, 0) is 62.9 Å². The summed E-state index contributed by atoms with van der Waals surface area (Å²) < 4.78 is 5.14. The van der Waals surface area contributed by atoms with Gasteiger partial charge in [0.25, 0.3) is 0 Å². The van der Waals surface area contributed by atoms with Crippen LogP contribution in [0.25, 0.3) is 0 Å². The molecule has 0 aliphatic carbocycles. The molecule has 21 heavy (non-hydrogen) atoms. The Hall–Kier alpha value is -1.55. The first kappa shape index (κ1) is 15.8. The second kappa shape index (κ2) is 8.03. The highest BCUT2D eigenvalue weighted by molar-refractivity contribution is 5.76. The smallest absolute Gasteiger partial charge is 0.220 e. The second-order valence-electron chi connectivity index (χ2n) is 5.81. The van der Waals surface area contributed by atoms with E-state index in [0.29, 0.717) is 12.3 Å². The molecule has 1 aromatic rings. The lowest BCUT2D eigenvalue weighted by Crippen LogP contribution is -2.31. The molecule has 2 atom stereocenters. The molecule has 2 N–H and O–H groups in total. The first-order valence-electron chi connectivity index (χ1n) is 7.83. The maximum atomic E-state index is 12.0. The summed E-state index contributed by atoms with van der Waals surface area (Å²) in [5, 5.41) is 6.47. The van der Waals surface area contributed by atoms with Crippen molar-refractivity contribution in [3.8, 4) is 5.75 Å². The normalized spacial score (nSPS) is 19.8. The van der Waals surface area contributed by atoms with Crippen LogP contribution < -0.4 is 15.4 Å². The Labute approximate surface area is 127 Å². The molecule has 0 aromatic heterocycles. The van der Waals surface area contributed by atoms with Crippen LogP contribution in [0.1, 0.15) is 44.2 Å². The van der Waals surface area contributed by atoms with E-state index in [0.717, 1.165) is 30.8 Å². The minimum absolute atomic E-state index is 0.0351. The van der Waals surface area contributed by atoms with E-state index in [4.69, 9.17) is 4.74 Å². The lowest BCUT2D eigenvalue weighted by molar-refractivity contribution is -0.122. The van der Waals surface area contributed by atoms with Crippen molar-refractivity contribution in [2.45, 2.75) is 38.6 Å². The van der Waals surface area contributed by atoms with Gasteiger partial charge >= 0.3 is 0 Å². The van der Waals surface area contributed by atoms with Gasteiger partial charge in [0.15, 0.2) is 0 Å². The Morgan fingerprint density at radius 1 is 1.43 bits per heavy atom. The van der Waals surface area contributed by atoms with Crippen molar-refractivity contribution < 1.29 is 9.53 Å². The third-order valence-corrected chi connectivity index (χ3v) is 4.17. The number of carbonyl (C=O) groups is 1. The minimum atomic E-state index is 0.0351. The van der Waals surface area contributed by atoms with Gasteiger partial charge in [-0.2, -0.15) is 0 Å². The molecule has 1 aromatic carbocycles. The summed E-state index contributed by atoms with van der Waals surface area (Å²) >= 11 is 0. The molecule has 4 heteroatoms. The standard InChI is InChI=1S/C17H26N2O2/c1-13(15-6-8-16(21-2)9-7-15)19-17(20)10-5-14-4-3-11-18-12-14/h6-9,13-14,18H,3-5,10-12H2,1-2H3,(H,19,20)/t13-,14?/m0/s1. The Morgan fingerprint density at radius 3 is 2.81 bits per heavy atom. The summed E-state index contributed by atoms with van der Waals surface area (Å²) in [7, 11) is 1.65. The van der Waals surface area contributed by atoms with Crippen LogP contribution in [0.15, 0.2) is 24.3 Å². The van der Waals surface area contributed by atoms with Gasteiger partial charge in [-0.3, -0.25) is 4.79 Å². The zero-order valence-electron chi connectivity index (χ0n) is 13.0. The fraction of sp³-hybridized carbons (Fsp3) is 0.588. The summed E-state index contributed by atoms with van der Waals surface area (Å²) in [6.07, 6.45) is 4.07. The van der Waals surface area contributed by atoms with E-state index in [1.807, 2.05) is 31.2 Å². The predicted octanol–water partition coefficient (Wildman–Crippen LogP) is 2.65. The summed E-state index contributed by atoms with van der Waals surface area (Å²) in [6, 6.07) is 7.87. The van der Waals surface area contributed by atoms with Gasteiger partial charge in [-0.25, -0.2) is 0 Å². The van der Waals surface area contributed by atoms with Gasteiger partial charge in [0.05, 0.1) is 13.2 Å². The number of carbonyl (C=O) groups excluding carboxylic acids is 1. The van der Waals surface area contributed by atoms with Crippen LogP contribution in [-0.4, -0.2) is 26.1 Å². The van der Waals surface area contributed by atoms with Crippen LogP contribution in [0.3, 0.4) is 0 Å². The van der Waals surface area contributed by atoms with Crippen LogP contribution in [0.4, 0.5) is 0 Å². The molecule has 1 aliphatic heterocycles. The SMILES string of the molecule is COc1ccc([C@H](C)NC(=O)CCC2CCCNC2)cc1. The zero-order chi connectivity index (χ0) is 15.1. The molecule has 116 valence electrons. The van der Waals surface area contributed by atoms with Crippen molar-refractivity contribution in [1.82, 2.24) is 10.6 Å². The first-order valence-corrected chi connectivity index (χ1v) is 7.83. The average Bonchev–Trinajstić information content (AvgIpc) is 2.54. The molecule has 2 rings (SSSR count). The lowest BCUT2D eigenvalue weighted by Gasteiger charge is -2.22. The van der Waals surface area contributed by atoms with E-state index in [1.165, 1.54) is 12.8 Å². The third kappa shape index (κ3) is 5.05. The summed E-state index contributed by atoms with van der Waals surface area (Å²) in [6.45, 7) is 4.19. The maximum Gasteiger partial charge on any atom is 0.220 e. The monoisotopic (exact) mass is 290 g/mol. The molecule has 0 spiro atoms. The minimum Gasteiger partial charge on any atom is -0.497 e. The number of nitrogens with one attached hydrogen (secondary N) is 2. The van der Waals surface area contributed by atoms with Crippen molar-refractivity contribution in [3.63, 3.8) is 0 Å². The van der Waals surface area contributed by atoms with Crippen molar-refractivity contribution in [1.29, 1.82) is 0 Å². The molecule has 0 bridgehead atoms. The molecule has 1 saturated heterocycles. The number of hydrogen-bond donors (Lipinski definition) is 2. The highest BCUT2D eigenvalue weighted by atomic mass is 16.5. The topological polar surface area (TPSA) is 50.4 Å². The number of amides is 1. The molecule has 0 radical (unpaired) electrons. The van der Waals surface area contributed by atoms with Gasteiger partial charge in [-0.15, -0.1) is 0 Å². The molecule has 1 unspecified atom stereocenters. The van der Waals surface area contributed by atoms with Crippen LogP contribution in [0.5, 0.6) is 5.75 Å². The molecule has 1 amide bonds. The Bertz CT molecular complexity index is 439. The van der Waals surface area contributed by atoms with Crippen LogP contribution in [0.2, 0.25) is 0 Å². The highest BCUT2D eigenvalue weighted by Gasteiger charge is 2.15. The second-order valence-corrected chi connectivity index (χ2v) is 5.81. The summed E-state index contributed by atoms with van der Waals surface area (Å²) in [5.74, 6) is 1.63. The van der Waals surface area contributed by atoms with E-state index in [9.17, 15) is 4.79 Å². The number of piperidine rings is 1. The van der Waals surface area contributed by atoms with E-state index in [1.54, 1.807) is 7.11 Å². The van der Waals surface area contributed by atoms with Crippen molar-refractivity contribution >= 4 is 5.91 Å². The zero-order valence-corrected chi connectivity index (χ0v) is 13.0. The maximum absolute atomic E-state index is 12.0. The number of ether oxygens (including phenoxy) is 1. The summed E-state index contributed by atoms with van der Waals surface area (Å²) in [5.41, 5.74) is 1.10. The number of rotatable bonds is 6. The summed E-state index contributed by atoms with van der Waals surface area (Å²) in [4.78, 5) is 12.0. The lowest BCUT2D eigenvalue weighted by atomic mass is 9.94. The predicted molar refractivity (Wildman–Crippen MR) is 84.4 cm³/mol. The van der Waals surface area contributed by atoms with Gasteiger partial charge in [-0.1, -0.05) is 12.1 Å². The number of methoxy groups -OCH3 is 1. The molecular weight excluding hydrogens is 264 g/mol. The third-order valence-electron chi connectivity index (χ3n) is 4.17. The highest BCUT2D eigenvalue weighted by Crippen LogP contribution is 2.19. The van der Waals surface area contributed by atoms with Gasteiger partial charge in [0, 0.05) is 6.42 Å². The van der Waals surface area contributed by atoms with Gasteiger partial charge < -0.3 is 15.4 Å². The Balaban J connectivity index is 1.75. The largest absolute Gasteiger partial charge is 0.497 e. The van der Waals surface area contributed by atoms with Gasteiger partial charge in [0.1, 0.15) is 5.75 Å². The molecule has 1 fully saturated rings. The molecule has 1 aliphatic rings. The van der Waals surface area contributed by atoms with Crippen molar-refractivity contribution in [3.05, 3.63) is 29.8 Å². The molecule has 0 saturated carbocycles. The van der Waals surface area contributed by atoms with Crippen molar-refractivity contribution in [2.24, 2.45) is 5.92 Å². The van der Waals surface area contributed by atoms with E-state index < -0.39 is 0 Å². The average molecular weight is 290 g/mol. The van der Waals surface area contributed by atoms with E-state index in [2.05, 4.69) is 10.6 Å². The molecule has 1 heterocycles. The van der Waals surface area contributed by atoms with E-state index in [-0.39, 0.29) is 11.9 Å². The van der Waals surface area contributed by atoms with Crippen molar-refractivity contribution in [2.75, 3.05) is 20.2 Å². The Kier molecular flexibility index (Phi) is 6.05. The Morgan fingerprint density at radius 2 is 2.19 bits per heavy atom. The number of hydrogen-bond acceptors (Lipinski definition) is 3. The van der Waals surface area contributed by atoms with Crippen LogP contribution >= 0.6 is 0 Å². The quantitative estimate of drug-likeness (QED) is 0.847. The fourth-order valence-corrected chi connectivity index (χ4v) is 2.80. The van der Waals surface area contributed by atoms with Crippen LogP contribution in [0, 0.1) is 5.92 Å². The molecule has 4 nitrogen and oxygen atoms in total. The van der Waals surface area contributed by atoms with Crippen LogP contribution in [-0.2, 0) is 4.79 Å². The number of benzene rings is 1. The first-order chi connectivity index (χ1) is 10.2. The fourth-order valence-electron chi connectivity index (χ4n) is 2.80. The van der Waals surface area contributed by atoms with Gasteiger partial charge in [0.2, 0.25) is 5.91 Å². The molecular formula is C17H26N2O2. The van der Waals surface area contributed by atoms with E-state index >= 15 is 0 Å².